The zero-order chi connectivity index (χ0) is 9.84. The molecular formula is C10H14O3. The molecule has 0 saturated carbocycles. The molecule has 2 unspecified atom stereocenters. The third-order valence-corrected chi connectivity index (χ3v) is 2.45. The topological polar surface area (TPSA) is 43.4 Å². The van der Waals surface area contributed by atoms with E-state index < -0.39 is 0 Å². The van der Waals surface area contributed by atoms with Crippen LogP contribution in [0.15, 0.2) is 11.6 Å². The maximum absolute atomic E-state index is 11.3. The zero-order valence-corrected chi connectivity index (χ0v) is 7.95. The quantitative estimate of drug-likeness (QED) is 0.367. The average Bonchev–Trinajstić information content (AvgIpc) is 2.16. The molecule has 3 nitrogen and oxygen atoms in total. The van der Waals surface area contributed by atoms with Gasteiger partial charge in [0.1, 0.15) is 6.29 Å². The standard InChI is InChI=1S/C10H14O3/c1-7-3-4-8(6-11)9(5-7)10(12)13-2/h5-6,8-9H,3-4H2,1-2H3. The Hall–Kier alpha value is -1.12. The van der Waals surface area contributed by atoms with Crippen molar-refractivity contribution in [3.8, 4) is 0 Å². The second-order valence-corrected chi connectivity index (χ2v) is 3.40. The number of ether oxygens (including phenoxy) is 1. The van der Waals surface area contributed by atoms with Crippen LogP contribution < -0.4 is 0 Å². The highest BCUT2D eigenvalue weighted by Gasteiger charge is 2.29. The van der Waals surface area contributed by atoms with Gasteiger partial charge < -0.3 is 9.53 Å². The fourth-order valence-corrected chi connectivity index (χ4v) is 1.62. The predicted molar refractivity (Wildman–Crippen MR) is 48.1 cm³/mol. The van der Waals surface area contributed by atoms with Gasteiger partial charge in [0.25, 0.3) is 0 Å². The van der Waals surface area contributed by atoms with Gasteiger partial charge in [-0.2, -0.15) is 0 Å². The Bertz CT molecular complexity index is 243. The lowest BCUT2D eigenvalue weighted by Crippen LogP contribution is -2.27. The van der Waals surface area contributed by atoms with E-state index in [1.165, 1.54) is 7.11 Å². The van der Waals surface area contributed by atoms with E-state index in [1.807, 2.05) is 13.0 Å². The molecule has 0 aromatic carbocycles. The number of esters is 1. The first-order valence-corrected chi connectivity index (χ1v) is 4.39. The number of carbonyl (C=O) groups is 2. The molecule has 0 amide bonds. The summed E-state index contributed by atoms with van der Waals surface area (Å²) in [6.07, 6.45) is 4.35. The molecule has 0 aromatic heterocycles. The average molecular weight is 182 g/mol. The van der Waals surface area contributed by atoms with E-state index in [0.29, 0.717) is 0 Å². The molecule has 0 spiro atoms. The molecule has 1 aliphatic carbocycles. The molecule has 0 bridgehead atoms. The van der Waals surface area contributed by atoms with Crippen LogP contribution in [0.3, 0.4) is 0 Å². The van der Waals surface area contributed by atoms with Gasteiger partial charge in [0.05, 0.1) is 13.0 Å². The number of hydrogen-bond donors (Lipinski definition) is 0. The third-order valence-electron chi connectivity index (χ3n) is 2.45. The van der Waals surface area contributed by atoms with Gasteiger partial charge in [-0.25, -0.2) is 0 Å². The van der Waals surface area contributed by atoms with E-state index in [4.69, 9.17) is 0 Å². The van der Waals surface area contributed by atoms with Crippen molar-refractivity contribution in [3.63, 3.8) is 0 Å². The van der Waals surface area contributed by atoms with Crippen LogP contribution in [0.5, 0.6) is 0 Å². The van der Waals surface area contributed by atoms with Crippen LogP contribution in [-0.2, 0) is 14.3 Å². The largest absolute Gasteiger partial charge is 0.469 e. The predicted octanol–water partition coefficient (Wildman–Crippen LogP) is 1.33. The van der Waals surface area contributed by atoms with E-state index in [0.717, 1.165) is 24.7 Å². The maximum Gasteiger partial charge on any atom is 0.313 e. The molecule has 1 rings (SSSR count). The third kappa shape index (κ3) is 2.17. The normalized spacial score (nSPS) is 27.7. The minimum Gasteiger partial charge on any atom is -0.469 e. The molecule has 2 atom stereocenters. The molecule has 0 aliphatic heterocycles. The summed E-state index contributed by atoms with van der Waals surface area (Å²) in [6, 6.07) is 0. The van der Waals surface area contributed by atoms with Crippen LogP contribution in [0.1, 0.15) is 19.8 Å². The van der Waals surface area contributed by atoms with Gasteiger partial charge in [0.2, 0.25) is 0 Å². The first-order chi connectivity index (χ1) is 6.19. The van der Waals surface area contributed by atoms with Gasteiger partial charge in [-0.1, -0.05) is 11.6 Å². The zero-order valence-electron chi connectivity index (χ0n) is 7.95. The maximum atomic E-state index is 11.3. The van der Waals surface area contributed by atoms with Crippen molar-refractivity contribution in [3.05, 3.63) is 11.6 Å². The van der Waals surface area contributed by atoms with Crippen LogP contribution >= 0.6 is 0 Å². The SMILES string of the molecule is COC(=O)C1C=C(C)CCC1C=O. The molecule has 72 valence electrons. The van der Waals surface area contributed by atoms with E-state index in [1.54, 1.807) is 0 Å². The highest BCUT2D eigenvalue weighted by atomic mass is 16.5. The van der Waals surface area contributed by atoms with E-state index in [2.05, 4.69) is 4.74 Å². The second kappa shape index (κ2) is 4.21. The second-order valence-electron chi connectivity index (χ2n) is 3.40. The first-order valence-electron chi connectivity index (χ1n) is 4.39. The number of methoxy groups -OCH3 is 1. The molecule has 0 N–H and O–H groups in total. The van der Waals surface area contributed by atoms with Crippen molar-refractivity contribution < 1.29 is 14.3 Å². The Morgan fingerprint density at radius 3 is 2.92 bits per heavy atom. The lowest BCUT2D eigenvalue weighted by atomic mass is 9.82. The number of aldehydes is 1. The van der Waals surface area contributed by atoms with Gasteiger partial charge in [-0.3, -0.25) is 4.79 Å². The summed E-state index contributed by atoms with van der Waals surface area (Å²) in [5, 5.41) is 0. The van der Waals surface area contributed by atoms with Gasteiger partial charge in [-0.15, -0.1) is 0 Å². The molecule has 0 fully saturated rings. The van der Waals surface area contributed by atoms with Crippen LogP contribution in [-0.4, -0.2) is 19.4 Å². The summed E-state index contributed by atoms with van der Waals surface area (Å²) in [7, 11) is 1.35. The van der Waals surface area contributed by atoms with Crippen molar-refractivity contribution in [2.45, 2.75) is 19.8 Å². The summed E-state index contributed by atoms with van der Waals surface area (Å²) < 4.78 is 4.63. The Labute approximate surface area is 77.8 Å². The number of allylic oxidation sites excluding steroid dienone is 1. The van der Waals surface area contributed by atoms with Crippen LogP contribution in [0, 0.1) is 11.8 Å². The van der Waals surface area contributed by atoms with Crippen molar-refractivity contribution in [1.29, 1.82) is 0 Å². The van der Waals surface area contributed by atoms with Gasteiger partial charge >= 0.3 is 5.97 Å². The van der Waals surface area contributed by atoms with Crippen LogP contribution in [0.4, 0.5) is 0 Å². The van der Waals surface area contributed by atoms with E-state index >= 15 is 0 Å². The summed E-state index contributed by atoms with van der Waals surface area (Å²) in [6.45, 7) is 1.97. The van der Waals surface area contributed by atoms with E-state index in [9.17, 15) is 9.59 Å². The minimum atomic E-state index is -0.365. The van der Waals surface area contributed by atoms with Crippen LogP contribution in [0.2, 0.25) is 0 Å². The van der Waals surface area contributed by atoms with E-state index in [-0.39, 0.29) is 17.8 Å². The smallest absolute Gasteiger partial charge is 0.313 e. The van der Waals surface area contributed by atoms with Crippen LogP contribution in [0.25, 0.3) is 0 Å². The highest BCUT2D eigenvalue weighted by Crippen LogP contribution is 2.27. The molecule has 0 saturated heterocycles. The van der Waals surface area contributed by atoms with Gasteiger partial charge in [-0.05, 0) is 19.8 Å². The lowest BCUT2D eigenvalue weighted by Gasteiger charge is -2.23. The van der Waals surface area contributed by atoms with Crippen molar-refractivity contribution in [2.75, 3.05) is 7.11 Å². The molecule has 0 radical (unpaired) electrons. The van der Waals surface area contributed by atoms with Gasteiger partial charge in [0, 0.05) is 5.92 Å². The Morgan fingerprint density at radius 1 is 1.69 bits per heavy atom. The summed E-state index contributed by atoms with van der Waals surface area (Å²) in [5.41, 5.74) is 1.16. The first kappa shape index (κ1) is 9.96. The number of rotatable bonds is 2. The van der Waals surface area contributed by atoms with Crippen molar-refractivity contribution in [2.24, 2.45) is 11.8 Å². The number of carbonyl (C=O) groups excluding carboxylic acids is 2. The molecule has 3 heteroatoms. The lowest BCUT2D eigenvalue weighted by molar-refractivity contribution is -0.146. The van der Waals surface area contributed by atoms with Gasteiger partial charge in [0.15, 0.2) is 0 Å². The van der Waals surface area contributed by atoms with Crippen molar-refractivity contribution in [1.82, 2.24) is 0 Å². The molecule has 13 heavy (non-hydrogen) atoms. The summed E-state index contributed by atoms with van der Waals surface area (Å²) >= 11 is 0. The highest BCUT2D eigenvalue weighted by molar-refractivity contribution is 5.79. The summed E-state index contributed by atoms with van der Waals surface area (Å²) in [5.74, 6) is -0.872. The monoisotopic (exact) mass is 182 g/mol. The Balaban J connectivity index is 2.81. The van der Waals surface area contributed by atoms with Crippen molar-refractivity contribution >= 4 is 12.3 Å². The molecular weight excluding hydrogens is 168 g/mol. The fraction of sp³-hybridized carbons (Fsp3) is 0.600. The summed E-state index contributed by atoms with van der Waals surface area (Å²) in [4.78, 5) is 21.9. The Morgan fingerprint density at radius 2 is 2.38 bits per heavy atom. The number of hydrogen-bond acceptors (Lipinski definition) is 3. The fourth-order valence-electron chi connectivity index (χ4n) is 1.62. The molecule has 1 aliphatic rings. The molecule has 0 heterocycles. The Kier molecular flexibility index (Phi) is 3.23. The molecule has 0 aromatic rings. The minimum absolute atomic E-state index is 0.198.